The molecule has 1 amide bonds. The lowest BCUT2D eigenvalue weighted by Crippen LogP contribution is -2.49. The second kappa shape index (κ2) is 9.14. The van der Waals surface area contributed by atoms with Gasteiger partial charge in [-0.1, -0.05) is 45.9 Å². The van der Waals surface area contributed by atoms with Gasteiger partial charge in [-0.15, -0.1) is 12.4 Å². The zero-order chi connectivity index (χ0) is 16.9. The smallest absolute Gasteiger partial charge is 0.224 e. The lowest BCUT2D eigenvalue weighted by molar-refractivity contribution is -0.126. The van der Waals surface area contributed by atoms with Crippen LogP contribution in [0.2, 0.25) is 0 Å². The van der Waals surface area contributed by atoms with Crippen molar-refractivity contribution < 1.29 is 9.53 Å². The third-order valence-electron chi connectivity index (χ3n) is 3.97. The number of carbonyl (C=O) groups is 1. The highest BCUT2D eigenvalue weighted by atomic mass is 35.5. The molecule has 0 aliphatic carbocycles. The van der Waals surface area contributed by atoms with E-state index < -0.39 is 0 Å². The van der Waals surface area contributed by atoms with Gasteiger partial charge in [-0.25, -0.2) is 0 Å². The molecule has 0 heterocycles. The number of nitrogens with two attached hydrogens (primary N) is 1. The number of amides is 1. The molecular weight excluding hydrogens is 312 g/mol. The van der Waals surface area contributed by atoms with Gasteiger partial charge < -0.3 is 15.8 Å². The molecule has 4 nitrogen and oxygen atoms in total. The largest absolute Gasteiger partial charge is 0.491 e. The Kier molecular flexibility index (Phi) is 8.64. The minimum atomic E-state index is -0.190. The number of aryl methyl sites for hydroxylation is 2. The number of benzene rings is 1. The fraction of sp³-hybridized carbons (Fsp3) is 0.611. The Bertz CT molecular complexity index is 492. The van der Waals surface area contributed by atoms with Crippen LogP contribution in [0.4, 0.5) is 0 Å². The molecule has 0 aliphatic heterocycles. The first-order valence-corrected chi connectivity index (χ1v) is 7.86. The number of halogens is 1. The monoisotopic (exact) mass is 342 g/mol. The van der Waals surface area contributed by atoms with Gasteiger partial charge in [0.25, 0.3) is 0 Å². The van der Waals surface area contributed by atoms with Gasteiger partial charge in [0.1, 0.15) is 12.4 Å². The Hall–Kier alpha value is -1.26. The molecular formula is C18H31ClN2O2. The van der Waals surface area contributed by atoms with Gasteiger partial charge in [0, 0.05) is 12.5 Å². The van der Waals surface area contributed by atoms with Crippen molar-refractivity contribution in [3.63, 3.8) is 0 Å². The zero-order valence-corrected chi connectivity index (χ0v) is 15.9. The number of carbonyl (C=O) groups excluding carboxylic acids is 1. The Morgan fingerprint density at radius 1 is 1.26 bits per heavy atom. The van der Waals surface area contributed by atoms with Crippen molar-refractivity contribution in [2.75, 3.05) is 13.2 Å². The average Bonchev–Trinajstić information content (AvgIpc) is 2.43. The molecule has 1 rings (SSSR count). The summed E-state index contributed by atoms with van der Waals surface area (Å²) in [5.74, 6) is 0.690. The number of nitrogens with one attached hydrogen (secondary N) is 1. The summed E-state index contributed by atoms with van der Waals surface area (Å²) in [6, 6.07) is 6.00. The number of para-hydroxylation sites is 1. The van der Waals surface area contributed by atoms with Crippen LogP contribution in [0.5, 0.6) is 5.75 Å². The van der Waals surface area contributed by atoms with E-state index in [0.29, 0.717) is 13.2 Å². The molecule has 2 atom stereocenters. The summed E-state index contributed by atoms with van der Waals surface area (Å²) in [5, 5.41) is 3.07. The predicted molar refractivity (Wildman–Crippen MR) is 98.3 cm³/mol. The van der Waals surface area contributed by atoms with Gasteiger partial charge in [-0.3, -0.25) is 4.79 Å². The van der Waals surface area contributed by atoms with Crippen molar-refractivity contribution in [2.45, 2.75) is 47.6 Å². The van der Waals surface area contributed by atoms with Gasteiger partial charge in [-0.2, -0.15) is 0 Å². The molecule has 132 valence electrons. The van der Waals surface area contributed by atoms with Crippen LogP contribution in [0.1, 0.15) is 38.8 Å². The fourth-order valence-electron chi connectivity index (χ4n) is 2.12. The lowest BCUT2D eigenvalue weighted by Gasteiger charge is -2.32. The summed E-state index contributed by atoms with van der Waals surface area (Å²) in [4.78, 5) is 12.1. The first-order valence-electron chi connectivity index (χ1n) is 7.86. The fourth-order valence-corrected chi connectivity index (χ4v) is 2.12. The molecule has 0 fully saturated rings. The van der Waals surface area contributed by atoms with E-state index in [4.69, 9.17) is 10.5 Å². The minimum Gasteiger partial charge on any atom is -0.491 e. The van der Waals surface area contributed by atoms with E-state index in [1.54, 1.807) is 0 Å². The first-order chi connectivity index (χ1) is 10.2. The maximum atomic E-state index is 12.1. The summed E-state index contributed by atoms with van der Waals surface area (Å²) in [6.45, 7) is 13.0. The Labute approximate surface area is 146 Å². The molecule has 5 heteroatoms. The molecule has 0 aromatic heterocycles. The van der Waals surface area contributed by atoms with E-state index in [2.05, 4.69) is 26.1 Å². The molecule has 0 aliphatic rings. The van der Waals surface area contributed by atoms with E-state index in [1.165, 1.54) is 0 Å². The van der Waals surface area contributed by atoms with Gasteiger partial charge in [0.05, 0.1) is 6.04 Å². The second-order valence-corrected chi connectivity index (χ2v) is 7.10. The van der Waals surface area contributed by atoms with Crippen LogP contribution in [-0.4, -0.2) is 25.1 Å². The molecule has 0 bridgehead atoms. The Morgan fingerprint density at radius 2 is 1.78 bits per heavy atom. The molecule has 1 aromatic rings. The minimum absolute atomic E-state index is 0. The van der Waals surface area contributed by atoms with E-state index in [9.17, 15) is 4.79 Å². The number of hydrogen-bond donors (Lipinski definition) is 2. The SMILES string of the molecule is Cc1cccc(C)c1OCC(NC(=O)C(C)CN)C(C)(C)C.Cl. The summed E-state index contributed by atoms with van der Waals surface area (Å²) in [5.41, 5.74) is 7.69. The highest BCUT2D eigenvalue weighted by Crippen LogP contribution is 2.25. The van der Waals surface area contributed by atoms with Gasteiger partial charge >= 0.3 is 0 Å². The maximum absolute atomic E-state index is 12.1. The molecule has 3 N–H and O–H groups in total. The van der Waals surface area contributed by atoms with E-state index in [-0.39, 0.29) is 35.7 Å². The third-order valence-corrected chi connectivity index (χ3v) is 3.97. The van der Waals surface area contributed by atoms with E-state index in [0.717, 1.165) is 16.9 Å². The van der Waals surface area contributed by atoms with Crippen molar-refractivity contribution >= 4 is 18.3 Å². The third kappa shape index (κ3) is 6.40. The van der Waals surface area contributed by atoms with Crippen LogP contribution in [-0.2, 0) is 4.79 Å². The van der Waals surface area contributed by atoms with Crippen molar-refractivity contribution in [1.82, 2.24) is 5.32 Å². The summed E-state index contributed by atoms with van der Waals surface area (Å²) >= 11 is 0. The maximum Gasteiger partial charge on any atom is 0.224 e. The standard InChI is InChI=1S/C18H30N2O2.ClH/c1-12-8-7-9-13(2)16(12)22-11-15(18(4,5)6)20-17(21)14(3)10-19;/h7-9,14-15H,10-11,19H2,1-6H3,(H,20,21);1H. The van der Waals surface area contributed by atoms with Crippen molar-refractivity contribution in [2.24, 2.45) is 17.1 Å². The van der Waals surface area contributed by atoms with Crippen molar-refractivity contribution in [3.05, 3.63) is 29.3 Å². The normalized spacial score (nSPS) is 13.7. The number of ether oxygens (including phenoxy) is 1. The highest BCUT2D eigenvalue weighted by molar-refractivity contribution is 5.85. The van der Waals surface area contributed by atoms with Crippen molar-refractivity contribution in [3.8, 4) is 5.75 Å². The van der Waals surface area contributed by atoms with Crippen LogP contribution in [0, 0.1) is 25.2 Å². The Balaban J connectivity index is 0.00000484. The van der Waals surface area contributed by atoms with Crippen LogP contribution in [0.25, 0.3) is 0 Å². The summed E-state index contributed by atoms with van der Waals surface area (Å²) in [6.07, 6.45) is 0. The second-order valence-electron chi connectivity index (χ2n) is 7.10. The molecule has 2 unspecified atom stereocenters. The number of hydrogen-bond acceptors (Lipinski definition) is 3. The Morgan fingerprint density at radius 3 is 2.22 bits per heavy atom. The van der Waals surface area contributed by atoms with Gasteiger partial charge in [0.15, 0.2) is 0 Å². The lowest BCUT2D eigenvalue weighted by atomic mass is 9.87. The van der Waals surface area contributed by atoms with E-state index in [1.807, 2.05) is 39.0 Å². The molecule has 0 radical (unpaired) electrons. The van der Waals surface area contributed by atoms with Gasteiger partial charge in [-0.05, 0) is 30.4 Å². The summed E-state index contributed by atoms with van der Waals surface area (Å²) < 4.78 is 6.02. The highest BCUT2D eigenvalue weighted by Gasteiger charge is 2.28. The van der Waals surface area contributed by atoms with Crippen LogP contribution in [0.15, 0.2) is 18.2 Å². The first kappa shape index (κ1) is 21.7. The quantitative estimate of drug-likeness (QED) is 0.834. The summed E-state index contributed by atoms with van der Waals surface area (Å²) in [7, 11) is 0. The van der Waals surface area contributed by atoms with Crippen molar-refractivity contribution in [1.29, 1.82) is 0 Å². The molecule has 0 saturated heterocycles. The van der Waals surface area contributed by atoms with E-state index >= 15 is 0 Å². The zero-order valence-electron chi connectivity index (χ0n) is 15.1. The van der Waals surface area contributed by atoms with Crippen LogP contribution in [0.3, 0.4) is 0 Å². The van der Waals surface area contributed by atoms with Gasteiger partial charge in [0.2, 0.25) is 5.91 Å². The topological polar surface area (TPSA) is 64.3 Å². The molecule has 23 heavy (non-hydrogen) atoms. The average molecular weight is 343 g/mol. The van der Waals surface area contributed by atoms with Crippen LogP contribution < -0.4 is 15.8 Å². The van der Waals surface area contributed by atoms with Crippen LogP contribution >= 0.6 is 12.4 Å². The number of rotatable bonds is 6. The predicted octanol–water partition coefficient (Wildman–Crippen LogP) is 3.23. The molecule has 0 spiro atoms. The molecule has 0 saturated carbocycles. The molecule has 1 aromatic carbocycles.